The molecule has 4 heteroatoms. The lowest BCUT2D eigenvalue weighted by Gasteiger charge is -2.02. The van der Waals surface area contributed by atoms with Gasteiger partial charge in [-0.1, -0.05) is 31.9 Å². The summed E-state index contributed by atoms with van der Waals surface area (Å²) in [5.74, 6) is 0.691. The van der Waals surface area contributed by atoms with E-state index in [1.54, 1.807) is 24.3 Å². The normalized spacial score (nSPS) is 9.56. The molecule has 2 aromatic rings. The standard InChI is InChI=1S/C8H9BrO.C6H5BrO/c1-5-3-7(9)4-6(2)8(5)10;7-5-1-3-6(8)4-2-5/h3-4,10H,1-2H3;1-4,8H. The zero-order chi connectivity index (χ0) is 13.7. The smallest absolute Gasteiger partial charge is 0.121 e. The topological polar surface area (TPSA) is 40.5 Å². The van der Waals surface area contributed by atoms with Crippen LogP contribution in [0.15, 0.2) is 45.3 Å². The van der Waals surface area contributed by atoms with E-state index in [-0.39, 0.29) is 0 Å². The number of phenols is 2. The fraction of sp³-hybridized carbons (Fsp3) is 0.143. The Labute approximate surface area is 124 Å². The molecule has 0 amide bonds. The van der Waals surface area contributed by atoms with Crippen molar-refractivity contribution in [3.8, 4) is 11.5 Å². The van der Waals surface area contributed by atoms with Gasteiger partial charge in [-0.2, -0.15) is 0 Å². The lowest BCUT2D eigenvalue weighted by atomic mass is 10.1. The van der Waals surface area contributed by atoms with Gasteiger partial charge in [-0.05, 0) is 61.4 Å². The van der Waals surface area contributed by atoms with Crippen LogP contribution in [0.5, 0.6) is 11.5 Å². The molecule has 0 bridgehead atoms. The maximum absolute atomic E-state index is 9.31. The van der Waals surface area contributed by atoms with Crippen molar-refractivity contribution in [1.82, 2.24) is 0 Å². The summed E-state index contributed by atoms with van der Waals surface area (Å²) < 4.78 is 2.00. The van der Waals surface area contributed by atoms with Crippen LogP contribution in [0.25, 0.3) is 0 Å². The number of benzene rings is 2. The summed E-state index contributed by atoms with van der Waals surface area (Å²) in [4.78, 5) is 0. The van der Waals surface area contributed by atoms with Crippen molar-refractivity contribution in [2.45, 2.75) is 13.8 Å². The zero-order valence-electron chi connectivity index (χ0n) is 10.1. The Kier molecular flexibility index (Phi) is 5.69. The highest BCUT2D eigenvalue weighted by molar-refractivity contribution is 9.10. The van der Waals surface area contributed by atoms with E-state index in [1.165, 1.54) is 0 Å². The summed E-state index contributed by atoms with van der Waals surface area (Å²) in [5.41, 5.74) is 1.82. The Morgan fingerprint density at radius 2 is 1.22 bits per heavy atom. The first-order valence-electron chi connectivity index (χ1n) is 5.30. The molecule has 0 radical (unpaired) electrons. The monoisotopic (exact) mass is 372 g/mol. The van der Waals surface area contributed by atoms with Crippen LogP contribution in [0, 0.1) is 13.8 Å². The van der Waals surface area contributed by atoms with Gasteiger partial charge in [-0.3, -0.25) is 0 Å². The summed E-state index contributed by atoms with van der Waals surface area (Å²) in [6, 6.07) is 10.6. The molecule has 0 aliphatic carbocycles. The molecule has 0 saturated carbocycles. The highest BCUT2D eigenvalue weighted by Crippen LogP contribution is 2.25. The molecular formula is C14H14Br2O2. The second-order valence-electron chi connectivity index (χ2n) is 3.86. The minimum absolute atomic E-state index is 0.299. The predicted octanol–water partition coefficient (Wildman–Crippen LogP) is 4.93. The van der Waals surface area contributed by atoms with Crippen LogP contribution in [0.2, 0.25) is 0 Å². The van der Waals surface area contributed by atoms with E-state index in [4.69, 9.17) is 5.11 Å². The number of hydrogen-bond donors (Lipinski definition) is 2. The average Bonchev–Trinajstić information content (AvgIpc) is 2.31. The quantitative estimate of drug-likeness (QED) is 0.687. The van der Waals surface area contributed by atoms with Gasteiger partial charge in [-0.15, -0.1) is 0 Å². The van der Waals surface area contributed by atoms with Crippen molar-refractivity contribution >= 4 is 31.9 Å². The third-order valence-electron chi connectivity index (χ3n) is 2.28. The van der Waals surface area contributed by atoms with Crippen LogP contribution >= 0.6 is 31.9 Å². The van der Waals surface area contributed by atoms with Crippen molar-refractivity contribution in [3.63, 3.8) is 0 Å². The maximum Gasteiger partial charge on any atom is 0.121 e. The molecule has 0 unspecified atom stereocenters. The zero-order valence-corrected chi connectivity index (χ0v) is 13.3. The molecule has 0 aromatic heterocycles. The van der Waals surface area contributed by atoms with E-state index in [1.807, 2.05) is 26.0 Å². The lowest BCUT2D eigenvalue weighted by Crippen LogP contribution is -1.79. The van der Waals surface area contributed by atoms with E-state index in [0.717, 1.165) is 20.1 Å². The third kappa shape index (κ3) is 4.70. The van der Waals surface area contributed by atoms with Gasteiger partial charge in [-0.25, -0.2) is 0 Å². The third-order valence-corrected chi connectivity index (χ3v) is 3.27. The maximum atomic E-state index is 9.31. The SMILES string of the molecule is Cc1cc(Br)cc(C)c1O.Oc1ccc(Br)cc1. The molecule has 2 aromatic carbocycles. The molecule has 18 heavy (non-hydrogen) atoms. The fourth-order valence-electron chi connectivity index (χ4n) is 1.34. The van der Waals surface area contributed by atoms with Crippen LogP contribution < -0.4 is 0 Å². The minimum Gasteiger partial charge on any atom is -0.508 e. The predicted molar refractivity (Wildman–Crippen MR) is 81.1 cm³/mol. The van der Waals surface area contributed by atoms with E-state index in [0.29, 0.717) is 11.5 Å². The van der Waals surface area contributed by atoms with Crippen LogP contribution in [0.4, 0.5) is 0 Å². The highest BCUT2D eigenvalue weighted by atomic mass is 79.9. The van der Waals surface area contributed by atoms with Crippen LogP contribution in [0.1, 0.15) is 11.1 Å². The van der Waals surface area contributed by atoms with Gasteiger partial charge in [0.25, 0.3) is 0 Å². The Morgan fingerprint density at radius 1 is 0.778 bits per heavy atom. The largest absolute Gasteiger partial charge is 0.508 e. The van der Waals surface area contributed by atoms with Gasteiger partial charge in [0.2, 0.25) is 0 Å². The van der Waals surface area contributed by atoms with Gasteiger partial charge in [0, 0.05) is 8.95 Å². The van der Waals surface area contributed by atoms with E-state index < -0.39 is 0 Å². The summed E-state index contributed by atoms with van der Waals surface area (Å²) >= 11 is 6.57. The number of halogens is 2. The molecule has 0 aliphatic rings. The summed E-state index contributed by atoms with van der Waals surface area (Å²) in [6.07, 6.45) is 0. The molecule has 0 saturated heterocycles. The Bertz CT molecular complexity index is 478. The van der Waals surface area contributed by atoms with E-state index >= 15 is 0 Å². The molecule has 2 rings (SSSR count). The Morgan fingerprint density at radius 3 is 1.61 bits per heavy atom. The first-order chi connectivity index (χ1) is 8.40. The van der Waals surface area contributed by atoms with Gasteiger partial charge in [0.05, 0.1) is 0 Å². The summed E-state index contributed by atoms with van der Waals surface area (Å²) in [6.45, 7) is 3.76. The molecule has 0 spiro atoms. The number of aromatic hydroxyl groups is 2. The van der Waals surface area contributed by atoms with Crippen LogP contribution in [-0.4, -0.2) is 10.2 Å². The first-order valence-corrected chi connectivity index (χ1v) is 6.89. The van der Waals surface area contributed by atoms with Gasteiger partial charge in [0.1, 0.15) is 11.5 Å². The van der Waals surface area contributed by atoms with Gasteiger partial charge in [0.15, 0.2) is 0 Å². The lowest BCUT2D eigenvalue weighted by molar-refractivity contribution is 0.466. The second-order valence-corrected chi connectivity index (χ2v) is 5.70. The first kappa shape index (κ1) is 15.1. The Balaban J connectivity index is 0.000000184. The van der Waals surface area contributed by atoms with E-state index in [2.05, 4.69) is 31.9 Å². The van der Waals surface area contributed by atoms with Crippen molar-refractivity contribution < 1.29 is 10.2 Å². The molecule has 0 heterocycles. The van der Waals surface area contributed by atoms with Crippen molar-refractivity contribution in [2.24, 2.45) is 0 Å². The van der Waals surface area contributed by atoms with Gasteiger partial charge < -0.3 is 10.2 Å². The minimum atomic E-state index is 0.299. The molecule has 2 nitrogen and oxygen atoms in total. The van der Waals surface area contributed by atoms with Crippen LogP contribution in [-0.2, 0) is 0 Å². The number of rotatable bonds is 0. The highest BCUT2D eigenvalue weighted by Gasteiger charge is 1.99. The van der Waals surface area contributed by atoms with Crippen molar-refractivity contribution in [1.29, 1.82) is 0 Å². The molecule has 96 valence electrons. The van der Waals surface area contributed by atoms with Crippen LogP contribution in [0.3, 0.4) is 0 Å². The second kappa shape index (κ2) is 6.81. The number of phenolic OH excluding ortho intramolecular Hbond substituents is 2. The summed E-state index contributed by atoms with van der Waals surface area (Å²) in [5, 5.41) is 18.0. The summed E-state index contributed by atoms with van der Waals surface area (Å²) in [7, 11) is 0. The Hall–Kier alpha value is -1.000. The fourth-order valence-corrected chi connectivity index (χ4v) is 2.30. The number of hydrogen-bond acceptors (Lipinski definition) is 2. The molecular weight excluding hydrogens is 360 g/mol. The average molecular weight is 374 g/mol. The van der Waals surface area contributed by atoms with Crippen molar-refractivity contribution in [2.75, 3.05) is 0 Å². The van der Waals surface area contributed by atoms with Gasteiger partial charge >= 0.3 is 0 Å². The molecule has 0 fully saturated rings. The molecule has 0 atom stereocenters. The van der Waals surface area contributed by atoms with E-state index in [9.17, 15) is 5.11 Å². The molecule has 0 aliphatic heterocycles. The van der Waals surface area contributed by atoms with Crippen molar-refractivity contribution in [3.05, 3.63) is 56.5 Å². The number of aryl methyl sites for hydroxylation is 2. The molecule has 2 N–H and O–H groups in total.